The van der Waals surface area contributed by atoms with Gasteiger partial charge >= 0.3 is 0 Å². The minimum Gasteiger partial charge on any atom is -0.505 e. The van der Waals surface area contributed by atoms with Crippen LogP contribution in [0.2, 0.25) is 0 Å². The number of ether oxygens (including phenoxy) is 2. The quantitative estimate of drug-likeness (QED) is 0.226. The maximum atomic E-state index is 13.8. The smallest absolute Gasteiger partial charge is 0.291 e. The number of amides is 1. The summed E-state index contributed by atoms with van der Waals surface area (Å²) in [6.45, 7) is 2.20. The molecule has 0 aliphatic carbocycles. The van der Waals surface area contributed by atoms with Crippen LogP contribution < -0.4 is 31.2 Å². The fraction of sp³-hybridized carbons (Fsp3) is 0.233. The highest BCUT2D eigenvalue weighted by molar-refractivity contribution is 5.98. The van der Waals surface area contributed by atoms with Crippen LogP contribution >= 0.6 is 0 Å². The summed E-state index contributed by atoms with van der Waals surface area (Å²) in [7, 11) is 3.15. The molecule has 1 aliphatic heterocycles. The summed E-state index contributed by atoms with van der Waals surface area (Å²) in [5.74, 6) is 0.482. The first kappa shape index (κ1) is 27.4. The number of nitrogens with one attached hydrogen (secondary N) is 3. The highest BCUT2D eigenvalue weighted by Crippen LogP contribution is 2.36. The Hall–Kier alpha value is -5.19. The number of para-hydroxylation sites is 1. The zero-order valence-corrected chi connectivity index (χ0v) is 22.9. The number of aromatic hydroxyl groups is 1. The van der Waals surface area contributed by atoms with E-state index in [0.29, 0.717) is 17.9 Å². The summed E-state index contributed by atoms with van der Waals surface area (Å²) in [6, 6.07) is 19.0. The lowest BCUT2D eigenvalue weighted by Gasteiger charge is -2.22. The number of benzene rings is 3. The number of phenolic OH excluding ortho intramolecular Hbond substituents is 1. The molecule has 1 aromatic heterocycles. The number of aromatic nitrogens is 2. The second-order valence-corrected chi connectivity index (χ2v) is 9.81. The van der Waals surface area contributed by atoms with Gasteiger partial charge in [0.1, 0.15) is 11.4 Å². The van der Waals surface area contributed by atoms with E-state index in [1.165, 1.54) is 21.7 Å². The average Bonchev–Trinajstić information content (AvgIpc) is 3.44. The molecule has 1 amide bonds. The molecule has 2 heterocycles. The lowest BCUT2D eigenvalue weighted by Crippen LogP contribution is -2.34. The molecule has 212 valence electrons. The van der Waals surface area contributed by atoms with Gasteiger partial charge in [-0.1, -0.05) is 49.4 Å². The third kappa shape index (κ3) is 5.60. The normalized spacial score (nSPS) is 12.6. The van der Waals surface area contributed by atoms with Gasteiger partial charge in [0.25, 0.3) is 17.0 Å². The van der Waals surface area contributed by atoms with Crippen molar-refractivity contribution < 1.29 is 19.4 Å². The second-order valence-electron chi connectivity index (χ2n) is 9.81. The van der Waals surface area contributed by atoms with Crippen molar-refractivity contribution in [3.63, 3.8) is 0 Å². The molecule has 0 saturated heterocycles. The maximum absolute atomic E-state index is 13.8. The van der Waals surface area contributed by atoms with Gasteiger partial charge in [0.05, 0.1) is 23.8 Å². The Bertz CT molecular complexity index is 1700. The first-order valence-corrected chi connectivity index (χ1v) is 13.1. The van der Waals surface area contributed by atoms with Crippen LogP contribution in [-0.4, -0.2) is 46.6 Å². The Morgan fingerprint density at radius 1 is 1.02 bits per heavy atom. The molecule has 11 heteroatoms. The van der Waals surface area contributed by atoms with Crippen molar-refractivity contribution in [3.05, 3.63) is 104 Å². The third-order valence-corrected chi connectivity index (χ3v) is 6.81. The molecular weight excluding hydrogens is 526 g/mol. The zero-order valence-electron chi connectivity index (χ0n) is 22.9. The predicted molar refractivity (Wildman–Crippen MR) is 155 cm³/mol. The summed E-state index contributed by atoms with van der Waals surface area (Å²) < 4.78 is 12.1. The Morgan fingerprint density at radius 3 is 2.51 bits per heavy atom. The van der Waals surface area contributed by atoms with Crippen LogP contribution in [-0.2, 0) is 6.54 Å². The minimum absolute atomic E-state index is 0.00688. The van der Waals surface area contributed by atoms with Crippen LogP contribution in [0.25, 0.3) is 0 Å². The van der Waals surface area contributed by atoms with Crippen molar-refractivity contribution in [3.8, 4) is 17.2 Å². The molecule has 0 spiro atoms. The third-order valence-electron chi connectivity index (χ3n) is 6.81. The molecule has 4 N–H and O–H groups in total. The van der Waals surface area contributed by atoms with E-state index < -0.39 is 17.0 Å². The molecule has 11 nitrogen and oxygen atoms in total. The molecule has 3 aromatic carbocycles. The van der Waals surface area contributed by atoms with Crippen LogP contribution in [0.3, 0.4) is 0 Å². The first-order chi connectivity index (χ1) is 19.8. The van der Waals surface area contributed by atoms with Gasteiger partial charge in [0, 0.05) is 14.1 Å². The molecule has 5 rings (SSSR count). The van der Waals surface area contributed by atoms with Crippen molar-refractivity contribution in [2.45, 2.75) is 25.9 Å². The van der Waals surface area contributed by atoms with Crippen LogP contribution in [0, 0.1) is 0 Å². The van der Waals surface area contributed by atoms with Crippen molar-refractivity contribution in [2.75, 3.05) is 31.5 Å². The number of rotatable bonds is 9. The van der Waals surface area contributed by atoms with E-state index in [1.807, 2.05) is 49.4 Å². The molecule has 0 unspecified atom stereocenters. The summed E-state index contributed by atoms with van der Waals surface area (Å²) in [5.41, 5.74) is 0.646. The number of hydrogen-bond acceptors (Lipinski definition) is 8. The lowest BCUT2D eigenvalue weighted by atomic mass is 10.0. The number of hydrogen-bond donors (Lipinski definition) is 4. The summed E-state index contributed by atoms with van der Waals surface area (Å²) in [5, 5.41) is 19.8. The van der Waals surface area contributed by atoms with Gasteiger partial charge in [-0.05, 0) is 41.8 Å². The van der Waals surface area contributed by atoms with Gasteiger partial charge in [-0.25, -0.2) is 4.68 Å². The number of nitrogens with zero attached hydrogens (tertiary/aromatic N) is 2. The number of carbonyl (C=O) groups excluding carboxylic acids is 1. The maximum Gasteiger partial charge on any atom is 0.291 e. The Kier molecular flexibility index (Phi) is 7.68. The van der Waals surface area contributed by atoms with E-state index in [2.05, 4.69) is 15.7 Å². The predicted octanol–water partition coefficient (Wildman–Crippen LogP) is 4.03. The molecule has 0 radical (unpaired) electrons. The monoisotopic (exact) mass is 557 g/mol. The molecule has 0 fully saturated rings. The molecular formula is C30H31N5O6. The van der Waals surface area contributed by atoms with E-state index in [1.54, 1.807) is 26.2 Å². The van der Waals surface area contributed by atoms with Gasteiger partial charge < -0.3 is 30.1 Å². The molecule has 0 saturated carbocycles. The van der Waals surface area contributed by atoms with Crippen LogP contribution in [0.1, 0.15) is 40.9 Å². The van der Waals surface area contributed by atoms with Crippen LogP contribution in [0.4, 0.5) is 17.1 Å². The zero-order chi connectivity index (χ0) is 29.1. The largest absolute Gasteiger partial charge is 0.505 e. The molecule has 1 atom stereocenters. The SMILES string of the molecule is CC[C@@H](Nc1c(Nc2cccc(C(=O)N(C)C)c2O)c(=O)n(Cc2ccccc2)[nH]c1=O)c1ccc2c(c1)OCO2. The van der Waals surface area contributed by atoms with E-state index in [-0.39, 0.29) is 47.8 Å². The van der Waals surface area contributed by atoms with E-state index in [0.717, 1.165) is 11.1 Å². The second kappa shape index (κ2) is 11.5. The van der Waals surface area contributed by atoms with Gasteiger partial charge in [-0.2, -0.15) is 0 Å². The summed E-state index contributed by atoms with van der Waals surface area (Å²) in [6.07, 6.45) is 0.573. The van der Waals surface area contributed by atoms with Crippen molar-refractivity contribution in [1.82, 2.24) is 14.7 Å². The van der Waals surface area contributed by atoms with Crippen LogP contribution in [0.5, 0.6) is 17.2 Å². The fourth-order valence-corrected chi connectivity index (χ4v) is 4.63. The summed E-state index contributed by atoms with van der Waals surface area (Å²) >= 11 is 0. The lowest BCUT2D eigenvalue weighted by molar-refractivity contribution is 0.0824. The summed E-state index contributed by atoms with van der Waals surface area (Å²) in [4.78, 5) is 41.3. The fourth-order valence-electron chi connectivity index (χ4n) is 4.63. The van der Waals surface area contributed by atoms with Gasteiger partial charge in [-0.15, -0.1) is 0 Å². The van der Waals surface area contributed by atoms with Crippen molar-refractivity contribution in [1.29, 1.82) is 0 Å². The number of fused-ring (bicyclic) bond motifs is 1. The van der Waals surface area contributed by atoms with Gasteiger partial charge in [0.15, 0.2) is 17.2 Å². The van der Waals surface area contributed by atoms with Gasteiger partial charge in [-0.3, -0.25) is 19.5 Å². The first-order valence-electron chi connectivity index (χ1n) is 13.1. The van der Waals surface area contributed by atoms with E-state index in [9.17, 15) is 19.5 Å². The highest BCUT2D eigenvalue weighted by atomic mass is 16.7. The van der Waals surface area contributed by atoms with Crippen LogP contribution in [0.15, 0.2) is 76.3 Å². The number of carbonyl (C=O) groups is 1. The van der Waals surface area contributed by atoms with E-state index >= 15 is 0 Å². The number of phenols is 1. The van der Waals surface area contributed by atoms with Crippen molar-refractivity contribution in [2.24, 2.45) is 0 Å². The van der Waals surface area contributed by atoms with Gasteiger partial charge in [0.2, 0.25) is 6.79 Å². The highest BCUT2D eigenvalue weighted by Gasteiger charge is 2.23. The molecule has 1 aliphatic rings. The topological polar surface area (TPSA) is 138 Å². The number of H-pyrrole nitrogens is 1. The Balaban J connectivity index is 1.59. The van der Waals surface area contributed by atoms with E-state index in [4.69, 9.17) is 9.47 Å². The minimum atomic E-state index is -0.540. The Morgan fingerprint density at radius 2 is 1.78 bits per heavy atom. The molecule has 0 bridgehead atoms. The number of aromatic amines is 1. The Labute approximate surface area is 235 Å². The molecule has 4 aromatic rings. The molecule has 41 heavy (non-hydrogen) atoms. The van der Waals surface area contributed by atoms with Crippen molar-refractivity contribution >= 4 is 23.0 Å². The average molecular weight is 558 g/mol. The standard InChI is InChI=1S/C30H31N5O6/c1-4-21(19-13-14-23-24(15-19)41-17-40-23)31-25-26(32-22-12-8-11-20(27(22)36)29(38)34(2)3)30(39)35(33-28(25)37)16-18-9-6-5-7-10-18/h5-15,21,31-32,36H,4,16-17H2,1-3H3,(H,33,37)/t21-/m1/s1. The number of anilines is 3.